The van der Waals surface area contributed by atoms with Gasteiger partial charge in [-0.25, -0.2) is 0 Å². The lowest BCUT2D eigenvalue weighted by atomic mass is 10.1. The maximum Gasteiger partial charge on any atom is 0.419 e. The maximum atomic E-state index is 12.9. The van der Waals surface area contributed by atoms with Gasteiger partial charge < -0.3 is 10.4 Å². The molecule has 0 heterocycles. The van der Waals surface area contributed by atoms with Gasteiger partial charge in [-0.1, -0.05) is 18.2 Å². The van der Waals surface area contributed by atoms with Gasteiger partial charge in [0, 0.05) is 27.0 Å². The molecule has 2 rings (SSSR count). The lowest BCUT2D eigenvalue weighted by molar-refractivity contribution is -0.138. The first-order valence-corrected chi connectivity index (χ1v) is 9.39. The Bertz CT molecular complexity index is 873. The molecule has 27 heavy (non-hydrogen) atoms. The molecule has 2 aromatic carbocycles. The monoisotopic (exact) mass is 399 g/mol. The Morgan fingerprint density at radius 3 is 2.33 bits per heavy atom. The molecular formula is C19H20F3NO3S. The molecule has 0 aliphatic carbocycles. The highest BCUT2D eigenvalue weighted by Crippen LogP contribution is 2.37. The van der Waals surface area contributed by atoms with Crippen molar-refractivity contribution in [3.63, 3.8) is 0 Å². The van der Waals surface area contributed by atoms with Gasteiger partial charge in [-0.05, 0) is 50.6 Å². The Hall–Kier alpha value is -2.35. The third kappa shape index (κ3) is 5.32. The molecule has 1 unspecified atom stereocenters. The van der Waals surface area contributed by atoms with Crippen LogP contribution < -0.4 is 5.32 Å². The number of benzene rings is 2. The molecule has 0 bridgehead atoms. The van der Waals surface area contributed by atoms with Gasteiger partial charge in [-0.15, -0.1) is 0 Å². The number of rotatable bonds is 4. The fraction of sp³-hybridized carbons (Fsp3) is 0.316. The number of amides is 1. The smallest absolute Gasteiger partial charge is 0.419 e. The topological polar surface area (TPSA) is 66.4 Å². The van der Waals surface area contributed by atoms with Crippen molar-refractivity contribution in [2.45, 2.75) is 37.4 Å². The van der Waals surface area contributed by atoms with E-state index in [-0.39, 0.29) is 5.75 Å². The van der Waals surface area contributed by atoms with Crippen LogP contribution in [0.5, 0.6) is 5.75 Å². The summed E-state index contributed by atoms with van der Waals surface area (Å²) in [5.74, 6) is -1.71. The number of carbonyl (C=O) groups excluding carboxylic acids is 1. The van der Waals surface area contributed by atoms with Gasteiger partial charge in [0.05, 0.1) is 11.1 Å². The maximum absolute atomic E-state index is 12.9. The average Bonchev–Trinajstić information content (AvgIpc) is 2.53. The number of anilines is 1. The highest BCUT2D eigenvalue weighted by Gasteiger charge is 2.35. The third-order valence-corrected chi connectivity index (χ3v) is 5.71. The van der Waals surface area contributed by atoms with E-state index < -0.39 is 44.5 Å². The fourth-order valence-corrected chi connectivity index (χ4v) is 3.18. The van der Waals surface area contributed by atoms with Crippen molar-refractivity contribution in [3.8, 4) is 5.75 Å². The van der Waals surface area contributed by atoms with Gasteiger partial charge >= 0.3 is 6.18 Å². The van der Waals surface area contributed by atoms with Crippen LogP contribution in [-0.4, -0.2) is 20.0 Å². The summed E-state index contributed by atoms with van der Waals surface area (Å²) in [7, 11) is -1.14. The quantitative estimate of drug-likeness (QED) is 0.782. The number of nitrogens with one attached hydrogen (secondary N) is 1. The zero-order valence-electron chi connectivity index (χ0n) is 15.1. The second-order valence-electron chi connectivity index (χ2n) is 6.96. The Balaban J connectivity index is 2.22. The van der Waals surface area contributed by atoms with Crippen LogP contribution >= 0.6 is 0 Å². The molecule has 0 aliphatic heterocycles. The minimum absolute atomic E-state index is 0.280. The van der Waals surface area contributed by atoms with Crippen molar-refractivity contribution in [2.24, 2.45) is 0 Å². The van der Waals surface area contributed by atoms with Gasteiger partial charge in [0.15, 0.2) is 0 Å². The predicted octanol–water partition coefficient (Wildman–Crippen LogP) is 4.71. The lowest BCUT2D eigenvalue weighted by Gasteiger charge is -2.18. The average molecular weight is 399 g/mol. The summed E-state index contributed by atoms with van der Waals surface area (Å²) in [6.07, 6.45) is -4.77. The van der Waals surface area contributed by atoms with E-state index in [1.807, 2.05) is 20.8 Å². The van der Waals surface area contributed by atoms with E-state index in [0.29, 0.717) is 17.3 Å². The Labute approximate surface area is 157 Å². The molecule has 8 heteroatoms. The molecule has 0 saturated carbocycles. The van der Waals surface area contributed by atoms with Crippen LogP contribution in [0.1, 0.15) is 42.3 Å². The van der Waals surface area contributed by atoms with E-state index in [9.17, 15) is 27.3 Å². The lowest BCUT2D eigenvalue weighted by Crippen LogP contribution is -2.23. The minimum Gasteiger partial charge on any atom is -0.506 e. The molecule has 0 aliphatic rings. The van der Waals surface area contributed by atoms with E-state index >= 15 is 0 Å². The molecule has 0 spiro atoms. The van der Waals surface area contributed by atoms with Crippen LogP contribution in [0.25, 0.3) is 0 Å². The number of para-hydroxylation sites is 1. The zero-order valence-corrected chi connectivity index (χ0v) is 15.9. The van der Waals surface area contributed by atoms with Crippen molar-refractivity contribution in [2.75, 3.05) is 5.32 Å². The second-order valence-corrected chi connectivity index (χ2v) is 9.16. The first-order chi connectivity index (χ1) is 12.4. The first kappa shape index (κ1) is 21.0. The number of carbonyl (C=O) groups is 1. The Morgan fingerprint density at radius 2 is 1.74 bits per heavy atom. The number of aromatic hydroxyl groups is 1. The van der Waals surface area contributed by atoms with Gasteiger partial charge in [0.1, 0.15) is 5.75 Å². The number of hydrogen-bond donors (Lipinski definition) is 2. The molecule has 4 nitrogen and oxygen atoms in total. The summed E-state index contributed by atoms with van der Waals surface area (Å²) in [4.78, 5) is 12.3. The van der Waals surface area contributed by atoms with E-state index in [1.165, 1.54) is 0 Å². The number of halogens is 3. The fourth-order valence-electron chi connectivity index (χ4n) is 2.26. The van der Waals surface area contributed by atoms with Crippen LogP contribution in [0, 0.1) is 0 Å². The SMILES string of the molecule is CC(C)(C)S(=O)Cc1cccc(NC(=O)c2cccc(C(F)(F)F)c2O)c1. The summed E-state index contributed by atoms with van der Waals surface area (Å²) in [6, 6.07) is 9.43. The Kier molecular flexibility index (Phi) is 5.99. The van der Waals surface area contributed by atoms with E-state index in [0.717, 1.165) is 12.1 Å². The molecule has 0 fully saturated rings. The highest BCUT2D eigenvalue weighted by molar-refractivity contribution is 7.85. The van der Waals surface area contributed by atoms with Crippen LogP contribution in [0.15, 0.2) is 42.5 Å². The van der Waals surface area contributed by atoms with Crippen LogP contribution in [0.3, 0.4) is 0 Å². The molecule has 0 radical (unpaired) electrons. The highest BCUT2D eigenvalue weighted by atomic mass is 32.2. The summed E-state index contributed by atoms with van der Waals surface area (Å²) >= 11 is 0. The second kappa shape index (κ2) is 7.72. The third-order valence-electron chi connectivity index (χ3n) is 3.75. The van der Waals surface area contributed by atoms with Crippen molar-refractivity contribution < 1.29 is 27.3 Å². The largest absolute Gasteiger partial charge is 0.506 e. The molecule has 1 amide bonds. The predicted molar refractivity (Wildman–Crippen MR) is 99.1 cm³/mol. The zero-order chi connectivity index (χ0) is 20.4. The normalized spacial score (nSPS) is 13.3. The van der Waals surface area contributed by atoms with Crippen LogP contribution in [0.4, 0.5) is 18.9 Å². The number of hydrogen-bond acceptors (Lipinski definition) is 3. The van der Waals surface area contributed by atoms with Gasteiger partial charge in [-0.3, -0.25) is 9.00 Å². The Morgan fingerprint density at radius 1 is 1.11 bits per heavy atom. The van der Waals surface area contributed by atoms with Gasteiger partial charge in [0.25, 0.3) is 5.91 Å². The van der Waals surface area contributed by atoms with Gasteiger partial charge in [0.2, 0.25) is 0 Å². The molecule has 146 valence electrons. The van der Waals surface area contributed by atoms with E-state index in [2.05, 4.69) is 5.32 Å². The number of phenols is 1. The van der Waals surface area contributed by atoms with Crippen LogP contribution in [-0.2, 0) is 22.7 Å². The molecule has 0 aromatic heterocycles. The summed E-state index contributed by atoms with van der Waals surface area (Å²) in [5, 5.41) is 12.3. The van der Waals surface area contributed by atoms with Gasteiger partial charge in [-0.2, -0.15) is 13.2 Å². The molecule has 1 atom stereocenters. The molecule has 2 aromatic rings. The van der Waals surface area contributed by atoms with E-state index in [4.69, 9.17) is 0 Å². The minimum atomic E-state index is -4.77. The number of phenolic OH excluding ortho intramolecular Hbond substituents is 1. The molecular weight excluding hydrogens is 379 g/mol. The van der Waals surface area contributed by atoms with Crippen molar-refractivity contribution >= 4 is 22.4 Å². The molecule has 2 N–H and O–H groups in total. The summed E-state index contributed by atoms with van der Waals surface area (Å²) in [6.45, 7) is 5.56. The van der Waals surface area contributed by atoms with Crippen molar-refractivity contribution in [3.05, 3.63) is 59.2 Å². The number of alkyl halides is 3. The first-order valence-electron chi connectivity index (χ1n) is 8.07. The van der Waals surface area contributed by atoms with Crippen molar-refractivity contribution in [1.29, 1.82) is 0 Å². The van der Waals surface area contributed by atoms with Crippen LogP contribution in [0.2, 0.25) is 0 Å². The summed E-state index contributed by atoms with van der Waals surface area (Å²) in [5.41, 5.74) is -0.701. The van der Waals surface area contributed by atoms with E-state index in [1.54, 1.807) is 24.3 Å². The van der Waals surface area contributed by atoms with Crippen molar-refractivity contribution in [1.82, 2.24) is 0 Å². The summed E-state index contributed by atoms with van der Waals surface area (Å²) < 4.78 is 50.5. The standard InChI is InChI=1S/C19H20F3NO3S/c1-18(2,3)27(26)11-12-6-4-7-13(10-12)23-17(25)14-8-5-9-15(16(14)24)19(20,21)22/h4-10,24H,11H2,1-3H3,(H,23,25). The molecule has 0 saturated heterocycles.